The molecule has 0 N–H and O–H groups in total. The molecule has 0 atom stereocenters. The standard InChI is InChI=1S/C22H20ClN5O2S/c1-30-18-8-4-3-7-16(18)26-10-12-27(13-11-26)17-14-24-28(21(29)20(17)23)22-25-15-6-2-5-9-19(15)31-22/h2-9,14H,10-13H2,1H3. The summed E-state index contributed by atoms with van der Waals surface area (Å²) in [4.78, 5) is 21.9. The highest BCUT2D eigenvalue weighted by molar-refractivity contribution is 7.20. The number of piperazine rings is 1. The van der Waals surface area contributed by atoms with Gasteiger partial charge in [-0.3, -0.25) is 4.79 Å². The third kappa shape index (κ3) is 3.62. The zero-order valence-corrected chi connectivity index (χ0v) is 18.4. The van der Waals surface area contributed by atoms with Crippen LogP contribution in [-0.2, 0) is 0 Å². The largest absolute Gasteiger partial charge is 0.495 e. The Balaban J connectivity index is 1.38. The van der Waals surface area contributed by atoms with E-state index in [1.807, 2.05) is 42.5 Å². The second-order valence-corrected chi connectivity index (χ2v) is 8.56. The van der Waals surface area contributed by atoms with Crippen LogP contribution in [0.1, 0.15) is 0 Å². The molecule has 1 aliphatic heterocycles. The number of halogens is 1. The van der Waals surface area contributed by atoms with Crippen molar-refractivity contribution in [3.05, 3.63) is 70.1 Å². The Morgan fingerprint density at radius 2 is 1.65 bits per heavy atom. The van der Waals surface area contributed by atoms with Crippen LogP contribution in [0.15, 0.2) is 59.5 Å². The smallest absolute Gasteiger partial charge is 0.294 e. The number of nitrogens with zero attached hydrogens (tertiary/aromatic N) is 5. The number of benzene rings is 2. The van der Waals surface area contributed by atoms with E-state index in [0.29, 0.717) is 10.8 Å². The highest BCUT2D eigenvalue weighted by Crippen LogP contribution is 2.30. The maximum atomic E-state index is 13.0. The molecule has 1 saturated heterocycles. The van der Waals surface area contributed by atoms with Crippen LogP contribution in [-0.4, -0.2) is 48.1 Å². The van der Waals surface area contributed by atoms with E-state index in [9.17, 15) is 4.79 Å². The molecule has 2 aromatic carbocycles. The summed E-state index contributed by atoms with van der Waals surface area (Å²) >= 11 is 7.92. The number of rotatable bonds is 4. The number of fused-ring (bicyclic) bond motifs is 1. The molecule has 0 radical (unpaired) electrons. The van der Waals surface area contributed by atoms with Gasteiger partial charge in [0.2, 0.25) is 5.13 Å². The SMILES string of the molecule is COc1ccccc1N1CCN(c2cnn(-c3nc4ccccc4s3)c(=O)c2Cl)CC1. The molecule has 1 aliphatic rings. The number of para-hydroxylation sites is 3. The van der Waals surface area contributed by atoms with Crippen molar-refractivity contribution in [1.82, 2.24) is 14.8 Å². The lowest BCUT2D eigenvalue weighted by Crippen LogP contribution is -2.47. The van der Waals surface area contributed by atoms with Gasteiger partial charge in [0.15, 0.2) is 0 Å². The van der Waals surface area contributed by atoms with Crippen LogP contribution in [0.5, 0.6) is 5.75 Å². The number of ether oxygens (including phenoxy) is 1. The van der Waals surface area contributed by atoms with Crippen molar-refractivity contribution < 1.29 is 4.74 Å². The van der Waals surface area contributed by atoms with Gasteiger partial charge in [0, 0.05) is 26.2 Å². The minimum atomic E-state index is -0.356. The summed E-state index contributed by atoms with van der Waals surface area (Å²) in [6, 6.07) is 15.7. The van der Waals surface area contributed by atoms with Gasteiger partial charge < -0.3 is 14.5 Å². The van der Waals surface area contributed by atoms with Crippen molar-refractivity contribution in [2.24, 2.45) is 0 Å². The van der Waals surface area contributed by atoms with E-state index in [1.165, 1.54) is 16.0 Å². The second kappa shape index (κ2) is 8.20. The van der Waals surface area contributed by atoms with Crippen LogP contribution in [0.2, 0.25) is 5.02 Å². The fourth-order valence-corrected chi connectivity index (χ4v) is 4.98. The van der Waals surface area contributed by atoms with Gasteiger partial charge in [0.1, 0.15) is 10.8 Å². The minimum absolute atomic E-state index is 0.167. The van der Waals surface area contributed by atoms with Gasteiger partial charge in [0.25, 0.3) is 5.56 Å². The number of hydrogen-bond donors (Lipinski definition) is 0. The molecule has 2 aromatic heterocycles. The predicted octanol–water partition coefficient (Wildman–Crippen LogP) is 3.83. The number of methoxy groups -OCH3 is 1. The van der Waals surface area contributed by atoms with Crippen LogP contribution in [0, 0.1) is 0 Å². The molecule has 1 fully saturated rings. The second-order valence-electron chi connectivity index (χ2n) is 7.17. The molecule has 3 heterocycles. The average Bonchev–Trinajstić information content (AvgIpc) is 3.25. The molecular formula is C22H20ClN5O2S. The van der Waals surface area contributed by atoms with Gasteiger partial charge in [-0.2, -0.15) is 9.78 Å². The van der Waals surface area contributed by atoms with Gasteiger partial charge >= 0.3 is 0 Å². The third-order valence-corrected chi connectivity index (χ3v) is 6.78. The highest BCUT2D eigenvalue weighted by Gasteiger charge is 2.23. The predicted molar refractivity (Wildman–Crippen MR) is 125 cm³/mol. The Hall–Kier alpha value is -3.10. The van der Waals surface area contributed by atoms with Crippen molar-refractivity contribution in [1.29, 1.82) is 0 Å². The van der Waals surface area contributed by atoms with Crippen molar-refractivity contribution in [3.63, 3.8) is 0 Å². The molecule has 0 spiro atoms. The first-order valence-corrected chi connectivity index (χ1v) is 11.1. The van der Waals surface area contributed by atoms with E-state index in [-0.39, 0.29) is 10.6 Å². The third-order valence-electron chi connectivity index (χ3n) is 5.41. The maximum absolute atomic E-state index is 13.0. The van der Waals surface area contributed by atoms with Crippen LogP contribution >= 0.6 is 22.9 Å². The van der Waals surface area contributed by atoms with Crippen molar-refractivity contribution in [2.45, 2.75) is 0 Å². The molecule has 9 heteroatoms. The average molecular weight is 454 g/mol. The molecule has 31 heavy (non-hydrogen) atoms. The first-order chi connectivity index (χ1) is 15.2. The fourth-order valence-electron chi connectivity index (χ4n) is 3.81. The van der Waals surface area contributed by atoms with E-state index in [4.69, 9.17) is 16.3 Å². The van der Waals surface area contributed by atoms with E-state index in [0.717, 1.165) is 47.8 Å². The Bertz CT molecular complexity index is 1260. The van der Waals surface area contributed by atoms with E-state index in [2.05, 4.69) is 25.9 Å². The topological polar surface area (TPSA) is 63.5 Å². The summed E-state index contributed by atoms with van der Waals surface area (Å²) < 4.78 is 7.76. The van der Waals surface area contributed by atoms with Crippen molar-refractivity contribution in [2.75, 3.05) is 43.1 Å². The zero-order chi connectivity index (χ0) is 21.4. The molecule has 0 bridgehead atoms. The van der Waals surface area contributed by atoms with Gasteiger partial charge in [-0.05, 0) is 24.3 Å². The van der Waals surface area contributed by atoms with Gasteiger partial charge in [-0.15, -0.1) is 0 Å². The number of hydrogen-bond acceptors (Lipinski definition) is 7. The van der Waals surface area contributed by atoms with Crippen LogP contribution in [0.4, 0.5) is 11.4 Å². The summed E-state index contributed by atoms with van der Waals surface area (Å²) in [5.74, 6) is 0.856. The monoisotopic (exact) mass is 453 g/mol. The first kappa shape index (κ1) is 19.8. The van der Waals surface area contributed by atoms with E-state index >= 15 is 0 Å². The lowest BCUT2D eigenvalue weighted by atomic mass is 10.2. The lowest BCUT2D eigenvalue weighted by molar-refractivity contribution is 0.413. The summed E-state index contributed by atoms with van der Waals surface area (Å²) in [6.45, 7) is 3.03. The molecule has 0 amide bonds. The normalized spacial score (nSPS) is 14.3. The Labute approximate surface area is 188 Å². The van der Waals surface area contributed by atoms with Gasteiger partial charge in [-0.25, -0.2) is 4.98 Å². The summed E-state index contributed by atoms with van der Waals surface area (Å²) in [7, 11) is 1.68. The molecular weight excluding hydrogens is 434 g/mol. The molecule has 5 rings (SSSR count). The number of anilines is 2. The molecule has 7 nitrogen and oxygen atoms in total. The van der Waals surface area contributed by atoms with Crippen LogP contribution < -0.4 is 20.1 Å². The molecule has 0 aliphatic carbocycles. The molecule has 158 valence electrons. The summed E-state index contributed by atoms with van der Waals surface area (Å²) in [6.07, 6.45) is 1.66. The quantitative estimate of drug-likeness (QED) is 0.468. The Kier molecular flexibility index (Phi) is 5.25. The summed E-state index contributed by atoms with van der Waals surface area (Å²) in [5.41, 5.74) is 2.21. The fraction of sp³-hybridized carbons (Fsp3) is 0.227. The van der Waals surface area contributed by atoms with Gasteiger partial charge in [0.05, 0.1) is 34.9 Å². The highest BCUT2D eigenvalue weighted by atomic mass is 35.5. The van der Waals surface area contributed by atoms with Crippen LogP contribution in [0.3, 0.4) is 0 Å². The molecule has 0 saturated carbocycles. The maximum Gasteiger partial charge on any atom is 0.294 e. The van der Waals surface area contributed by atoms with Crippen LogP contribution in [0.25, 0.3) is 15.3 Å². The number of thiazole rings is 1. The number of aromatic nitrogens is 3. The Morgan fingerprint density at radius 3 is 2.39 bits per heavy atom. The van der Waals surface area contributed by atoms with Crippen molar-refractivity contribution in [3.8, 4) is 10.9 Å². The van der Waals surface area contributed by atoms with E-state index < -0.39 is 0 Å². The minimum Gasteiger partial charge on any atom is -0.495 e. The lowest BCUT2D eigenvalue weighted by Gasteiger charge is -2.37. The Morgan fingerprint density at radius 1 is 0.968 bits per heavy atom. The first-order valence-electron chi connectivity index (χ1n) is 9.92. The zero-order valence-electron chi connectivity index (χ0n) is 16.9. The molecule has 4 aromatic rings. The molecule has 0 unspecified atom stereocenters. The summed E-state index contributed by atoms with van der Waals surface area (Å²) in [5, 5.41) is 5.06. The van der Waals surface area contributed by atoms with Crippen molar-refractivity contribution >= 4 is 44.5 Å². The van der Waals surface area contributed by atoms with E-state index in [1.54, 1.807) is 13.3 Å². The van der Waals surface area contributed by atoms with Gasteiger partial charge in [-0.1, -0.05) is 47.2 Å².